The normalized spacial score (nSPS) is 10.1. The van der Waals surface area contributed by atoms with Gasteiger partial charge in [0.05, 0.1) is 5.69 Å². The van der Waals surface area contributed by atoms with Gasteiger partial charge in [0, 0.05) is 21.3 Å². The molecule has 0 saturated carbocycles. The molecule has 3 heteroatoms. The van der Waals surface area contributed by atoms with Gasteiger partial charge < -0.3 is 0 Å². The molecule has 1 aromatic carbocycles. The largest absolute Gasteiger partial charge is 0.256 e. The topological polar surface area (TPSA) is 12.9 Å². The molecule has 14 heavy (non-hydrogen) atoms. The molecular weight excluding hydrogens is 261 g/mol. The van der Waals surface area contributed by atoms with Crippen LogP contribution in [0, 0.1) is 0 Å². The van der Waals surface area contributed by atoms with Crippen LogP contribution in [0.2, 0.25) is 5.02 Å². The summed E-state index contributed by atoms with van der Waals surface area (Å²) in [6.07, 6.45) is 1.77. The fraction of sp³-hybridized carbons (Fsp3) is 0. The van der Waals surface area contributed by atoms with E-state index in [-0.39, 0.29) is 0 Å². The Bertz CT molecular complexity index is 439. The van der Waals surface area contributed by atoms with Gasteiger partial charge in [-0.3, -0.25) is 4.98 Å². The van der Waals surface area contributed by atoms with E-state index in [1.54, 1.807) is 6.20 Å². The molecule has 0 aliphatic carbocycles. The summed E-state index contributed by atoms with van der Waals surface area (Å²) in [5.41, 5.74) is 2.01. The summed E-state index contributed by atoms with van der Waals surface area (Å²) in [7, 11) is 0. The Morgan fingerprint density at radius 3 is 2.43 bits per heavy atom. The molecule has 1 nitrogen and oxygen atoms in total. The minimum atomic E-state index is 0.740. The van der Waals surface area contributed by atoms with Crippen molar-refractivity contribution in [3.63, 3.8) is 0 Å². The van der Waals surface area contributed by atoms with Gasteiger partial charge in [-0.25, -0.2) is 0 Å². The molecule has 0 atom stereocenters. The van der Waals surface area contributed by atoms with Crippen molar-refractivity contribution in [1.82, 2.24) is 4.98 Å². The molecule has 0 aliphatic heterocycles. The zero-order valence-electron chi connectivity index (χ0n) is 7.24. The van der Waals surface area contributed by atoms with Crippen LogP contribution in [-0.4, -0.2) is 4.98 Å². The van der Waals surface area contributed by atoms with Crippen LogP contribution in [0.4, 0.5) is 0 Å². The zero-order chi connectivity index (χ0) is 9.97. The zero-order valence-corrected chi connectivity index (χ0v) is 9.59. The van der Waals surface area contributed by atoms with Crippen LogP contribution in [0.25, 0.3) is 11.3 Å². The maximum atomic E-state index is 5.80. The summed E-state index contributed by atoms with van der Waals surface area (Å²) in [4.78, 5) is 4.27. The second-order valence-corrected chi connectivity index (χ2v) is 4.22. The average Bonchev–Trinajstić information content (AvgIpc) is 2.19. The maximum absolute atomic E-state index is 5.80. The number of rotatable bonds is 1. The van der Waals surface area contributed by atoms with Gasteiger partial charge in [-0.2, -0.15) is 0 Å². The Labute approximate surface area is 95.9 Å². The number of halogens is 2. The van der Waals surface area contributed by atoms with Gasteiger partial charge in [-0.1, -0.05) is 39.7 Å². The minimum Gasteiger partial charge on any atom is -0.256 e. The third-order valence-corrected chi connectivity index (χ3v) is 2.61. The van der Waals surface area contributed by atoms with Crippen molar-refractivity contribution in [3.8, 4) is 11.3 Å². The molecule has 70 valence electrons. The first-order valence-electron chi connectivity index (χ1n) is 4.13. The van der Waals surface area contributed by atoms with Crippen molar-refractivity contribution in [1.29, 1.82) is 0 Å². The molecule has 0 saturated heterocycles. The van der Waals surface area contributed by atoms with Gasteiger partial charge in [-0.15, -0.1) is 0 Å². The Hall–Kier alpha value is -0.860. The highest BCUT2D eigenvalue weighted by Crippen LogP contribution is 2.21. The van der Waals surface area contributed by atoms with Gasteiger partial charge >= 0.3 is 0 Å². The number of hydrogen-bond acceptors (Lipinski definition) is 1. The van der Waals surface area contributed by atoms with Crippen LogP contribution in [-0.2, 0) is 0 Å². The molecule has 1 heterocycles. The predicted octanol–water partition coefficient (Wildman–Crippen LogP) is 4.16. The number of aromatic nitrogens is 1. The fourth-order valence-corrected chi connectivity index (χ4v) is 1.64. The number of nitrogens with zero attached hydrogens (tertiary/aromatic N) is 1. The highest BCUT2D eigenvalue weighted by Gasteiger charge is 1.98. The molecule has 2 aromatic rings. The first-order chi connectivity index (χ1) is 6.75. The van der Waals surface area contributed by atoms with Crippen LogP contribution in [0.15, 0.2) is 47.1 Å². The van der Waals surface area contributed by atoms with Crippen LogP contribution >= 0.6 is 27.5 Å². The molecule has 0 bridgehead atoms. The van der Waals surface area contributed by atoms with Crippen molar-refractivity contribution in [2.45, 2.75) is 0 Å². The molecule has 0 aliphatic rings. The van der Waals surface area contributed by atoms with Crippen LogP contribution in [0.5, 0.6) is 0 Å². The number of benzene rings is 1. The summed E-state index contributed by atoms with van der Waals surface area (Å²) < 4.78 is 1.03. The van der Waals surface area contributed by atoms with E-state index in [2.05, 4.69) is 20.9 Å². The van der Waals surface area contributed by atoms with Crippen molar-refractivity contribution in [2.24, 2.45) is 0 Å². The number of pyridine rings is 1. The number of hydrogen-bond donors (Lipinski definition) is 0. The van der Waals surface area contributed by atoms with Gasteiger partial charge in [-0.05, 0) is 24.3 Å². The second-order valence-electron chi connectivity index (χ2n) is 2.87. The van der Waals surface area contributed by atoms with Gasteiger partial charge in [0.1, 0.15) is 0 Å². The molecule has 0 amide bonds. The SMILES string of the molecule is Clc1ccc(-c2cc(Br)ccn2)cc1. The van der Waals surface area contributed by atoms with E-state index in [0.29, 0.717) is 0 Å². The Morgan fingerprint density at radius 2 is 1.79 bits per heavy atom. The molecule has 2 rings (SSSR count). The Morgan fingerprint density at radius 1 is 1.07 bits per heavy atom. The summed E-state index contributed by atoms with van der Waals surface area (Å²) in [6, 6.07) is 11.5. The average molecular weight is 269 g/mol. The van der Waals surface area contributed by atoms with Crippen molar-refractivity contribution >= 4 is 27.5 Å². The molecule has 1 aromatic heterocycles. The van der Waals surface area contributed by atoms with E-state index in [9.17, 15) is 0 Å². The van der Waals surface area contributed by atoms with E-state index in [1.165, 1.54) is 0 Å². The lowest BCUT2D eigenvalue weighted by Crippen LogP contribution is -1.81. The van der Waals surface area contributed by atoms with Crippen molar-refractivity contribution in [2.75, 3.05) is 0 Å². The fourth-order valence-electron chi connectivity index (χ4n) is 1.18. The third-order valence-electron chi connectivity index (χ3n) is 1.86. The summed E-state index contributed by atoms with van der Waals surface area (Å²) in [6.45, 7) is 0. The van der Waals surface area contributed by atoms with Crippen LogP contribution in [0.1, 0.15) is 0 Å². The highest BCUT2D eigenvalue weighted by molar-refractivity contribution is 9.10. The standard InChI is InChI=1S/C11H7BrClN/c12-9-5-6-14-11(7-9)8-1-3-10(13)4-2-8/h1-7H. The molecule has 0 fully saturated rings. The lowest BCUT2D eigenvalue weighted by Gasteiger charge is -2.00. The van der Waals surface area contributed by atoms with Crippen molar-refractivity contribution in [3.05, 3.63) is 52.1 Å². The third kappa shape index (κ3) is 2.14. The highest BCUT2D eigenvalue weighted by atomic mass is 79.9. The van der Waals surface area contributed by atoms with Gasteiger partial charge in [0.25, 0.3) is 0 Å². The molecular formula is C11H7BrClN. The van der Waals surface area contributed by atoms with E-state index in [0.717, 1.165) is 20.8 Å². The smallest absolute Gasteiger partial charge is 0.0713 e. The van der Waals surface area contributed by atoms with E-state index in [1.807, 2.05) is 36.4 Å². The monoisotopic (exact) mass is 267 g/mol. The maximum Gasteiger partial charge on any atom is 0.0713 e. The lowest BCUT2D eigenvalue weighted by molar-refractivity contribution is 1.31. The molecule has 0 N–H and O–H groups in total. The van der Waals surface area contributed by atoms with Crippen LogP contribution in [0.3, 0.4) is 0 Å². The summed E-state index contributed by atoms with van der Waals surface area (Å²) >= 11 is 9.21. The quantitative estimate of drug-likeness (QED) is 0.756. The first kappa shape index (κ1) is 9.69. The summed E-state index contributed by atoms with van der Waals surface area (Å²) in [5.74, 6) is 0. The van der Waals surface area contributed by atoms with Gasteiger partial charge in [0.2, 0.25) is 0 Å². The Balaban J connectivity index is 2.44. The summed E-state index contributed by atoms with van der Waals surface area (Å²) in [5, 5.41) is 0.740. The predicted molar refractivity (Wildman–Crippen MR) is 62.4 cm³/mol. The van der Waals surface area contributed by atoms with E-state index in [4.69, 9.17) is 11.6 Å². The second kappa shape index (κ2) is 4.11. The van der Waals surface area contributed by atoms with Crippen LogP contribution < -0.4 is 0 Å². The lowest BCUT2D eigenvalue weighted by atomic mass is 10.1. The van der Waals surface area contributed by atoms with Crippen molar-refractivity contribution < 1.29 is 0 Å². The van der Waals surface area contributed by atoms with E-state index < -0.39 is 0 Å². The molecule has 0 spiro atoms. The Kier molecular flexibility index (Phi) is 2.85. The molecule has 0 unspecified atom stereocenters. The minimum absolute atomic E-state index is 0.740. The van der Waals surface area contributed by atoms with E-state index >= 15 is 0 Å². The first-order valence-corrected chi connectivity index (χ1v) is 5.30. The van der Waals surface area contributed by atoms with Gasteiger partial charge in [0.15, 0.2) is 0 Å². The molecule has 0 radical (unpaired) electrons.